The number of aromatic nitrogens is 2. The van der Waals surface area contributed by atoms with Crippen molar-refractivity contribution in [2.45, 2.75) is 13.0 Å². The van der Waals surface area contributed by atoms with Crippen molar-refractivity contribution in [3.8, 4) is 5.75 Å². The number of piperazine rings is 1. The maximum atomic E-state index is 12.5. The lowest BCUT2D eigenvalue weighted by Gasteiger charge is -2.35. The van der Waals surface area contributed by atoms with Crippen molar-refractivity contribution in [3.05, 3.63) is 42.5 Å². The van der Waals surface area contributed by atoms with Gasteiger partial charge >= 0.3 is 0 Å². The molecule has 1 atom stereocenters. The number of hydrogen-bond acceptors (Lipinski definition) is 5. The Morgan fingerprint density at radius 3 is 2.81 bits per heavy atom. The molecule has 0 aliphatic carbocycles. The average Bonchev–Trinajstić information content (AvgIpc) is 3.03. The van der Waals surface area contributed by atoms with Crippen molar-refractivity contribution in [3.63, 3.8) is 0 Å². The summed E-state index contributed by atoms with van der Waals surface area (Å²) in [7, 11) is 1.98. The Morgan fingerprint density at radius 2 is 2.15 bits per heavy atom. The number of carbonyl (C=O) groups is 1. The summed E-state index contributed by atoms with van der Waals surface area (Å²) in [6, 6.07) is 7.54. The molecule has 0 spiro atoms. The third-order valence-corrected chi connectivity index (χ3v) is 4.31. The standard InChI is InChI=1S/C18H25N5O2.ClH/c1-3-25-15-6-4-14(5-7-15)21-17(24)13-23-11-8-19-12-16(23)18-20-9-10-22(18)2;/h4-7,9-10,16,19H,3,8,11-13H2,1-2H3,(H,21,24);1H. The highest BCUT2D eigenvalue weighted by atomic mass is 35.5. The van der Waals surface area contributed by atoms with Crippen LogP contribution in [0.15, 0.2) is 36.7 Å². The van der Waals surface area contributed by atoms with E-state index < -0.39 is 0 Å². The van der Waals surface area contributed by atoms with E-state index in [1.807, 2.05) is 49.0 Å². The van der Waals surface area contributed by atoms with Crippen LogP contribution >= 0.6 is 12.4 Å². The van der Waals surface area contributed by atoms with E-state index in [4.69, 9.17) is 4.74 Å². The molecular weight excluding hydrogens is 354 g/mol. The van der Waals surface area contributed by atoms with E-state index in [0.717, 1.165) is 36.9 Å². The number of imidazole rings is 1. The van der Waals surface area contributed by atoms with Gasteiger partial charge in [-0.1, -0.05) is 0 Å². The molecule has 0 radical (unpaired) electrons. The Hall–Kier alpha value is -2.09. The summed E-state index contributed by atoms with van der Waals surface area (Å²) in [5, 5.41) is 6.34. The Morgan fingerprint density at radius 1 is 1.38 bits per heavy atom. The molecule has 3 rings (SSSR count). The van der Waals surface area contributed by atoms with Gasteiger partial charge in [0.25, 0.3) is 0 Å². The van der Waals surface area contributed by atoms with E-state index in [-0.39, 0.29) is 24.4 Å². The molecule has 1 aromatic heterocycles. The average molecular weight is 380 g/mol. The number of nitrogens with one attached hydrogen (secondary N) is 2. The molecule has 2 aromatic rings. The summed E-state index contributed by atoms with van der Waals surface area (Å²) in [5.41, 5.74) is 0.775. The summed E-state index contributed by atoms with van der Waals surface area (Å²) in [5.74, 6) is 1.75. The molecule has 0 saturated carbocycles. The third kappa shape index (κ3) is 4.97. The predicted octanol–water partition coefficient (Wildman–Crippen LogP) is 1.83. The van der Waals surface area contributed by atoms with Crippen LogP contribution in [0.4, 0.5) is 5.69 Å². The van der Waals surface area contributed by atoms with Gasteiger partial charge in [0.05, 0.1) is 19.2 Å². The second kappa shape index (κ2) is 9.56. The normalized spacial score (nSPS) is 17.4. The van der Waals surface area contributed by atoms with Gasteiger partial charge < -0.3 is 19.9 Å². The summed E-state index contributed by atoms with van der Waals surface area (Å²) >= 11 is 0. The lowest BCUT2D eigenvalue weighted by atomic mass is 10.1. The highest BCUT2D eigenvalue weighted by Gasteiger charge is 2.28. The van der Waals surface area contributed by atoms with E-state index in [1.54, 1.807) is 6.20 Å². The van der Waals surface area contributed by atoms with Crippen LogP contribution in [0, 0.1) is 0 Å². The zero-order valence-corrected chi connectivity index (χ0v) is 16.0. The fourth-order valence-corrected chi connectivity index (χ4v) is 3.07. The van der Waals surface area contributed by atoms with Crippen LogP contribution in [-0.4, -0.2) is 53.1 Å². The number of hydrogen-bond donors (Lipinski definition) is 2. The van der Waals surface area contributed by atoms with Crippen molar-refractivity contribution >= 4 is 24.0 Å². The molecule has 2 heterocycles. The lowest BCUT2D eigenvalue weighted by Crippen LogP contribution is -2.49. The number of aryl methyl sites for hydroxylation is 1. The fraction of sp³-hybridized carbons (Fsp3) is 0.444. The van der Waals surface area contributed by atoms with Crippen LogP contribution in [0.2, 0.25) is 0 Å². The number of ether oxygens (including phenoxy) is 1. The van der Waals surface area contributed by atoms with Crippen molar-refractivity contribution in [2.24, 2.45) is 7.05 Å². The molecule has 1 saturated heterocycles. The maximum absolute atomic E-state index is 12.5. The molecule has 142 valence electrons. The topological polar surface area (TPSA) is 71.4 Å². The predicted molar refractivity (Wildman–Crippen MR) is 104 cm³/mol. The van der Waals surface area contributed by atoms with Crippen LogP contribution in [0.5, 0.6) is 5.75 Å². The molecule has 0 bridgehead atoms. The minimum absolute atomic E-state index is 0. The van der Waals surface area contributed by atoms with E-state index >= 15 is 0 Å². The van der Waals surface area contributed by atoms with Gasteiger partial charge in [0, 0.05) is 44.8 Å². The zero-order chi connectivity index (χ0) is 17.6. The molecular formula is C18H26ClN5O2. The SMILES string of the molecule is CCOc1ccc(NC(=O)CN2CCNCC2c2nccn2C)cc1.Cl. The first-order valence-electron chi connectivity index (χ1n) is 8.62. The molecule has 1 unspecified atom stereocenters. The van der Waals surface area contributed by atoms with Crippen LogP contribution < -0.4 is 15.4 Å². The van der Waals surface area contributed by atoms with E-state index in [0.29, 0.717) is 13.2 Å². The molecule has 26 heavy (non-hydrogen) atoms. The van der Waals surface area contributed by atoms with E-state index in [1.165, 1.54) is 0 Å². The van der Waals surface area contributed by atoms with Crippen LogP contribution in [-0.2, 0) is 11.8 Å². The second-order valence-electron chi connectivity index (χ2n) is 6.09. The molecule has 1 fully saturated rings. The molecule has 1 aliphatic rings. The highest BCUT2D eigenvalue weighted by Crippen LogP contribution is 2.20. The quantitative estimate of drug-likeness (QED) is 0.801. The van der Waals surface area contributed by atoms with Gasteiger partial charge in [-0.2, -0.15) is 0 Å². The van der Waals surface area contributed by atoms with Gasteiger partial charge in [-0.25, -0.2) is 4.98 Å². The number of carbonyl (C=O) groups excluding carboxylic acids is 1. The number of halogens is 1. The van der Waals surface area contributed by atoms with Crippen LogP contribution in [0.1, 0.15) is 18.8 Å². The number of rotatable bonds is 6. The molecule has 7 nitrogen and oxygen atoms in total. The van der Waals surface area contributed by atoms with Crippen molar-refractivity contribution in [1.29, 1.82) is 0 Å². The Labute approximate surface area is 160 Å². The largest absolute Gasteiger partial charge is 0.494 e. The van der Waals surface area contributed by atoms with Crippen LogP contribution in [0.3, 0.4) is 0 Å². The first kappa shape index (κ1) is 20.2. The van der Waals surface area contributed by atoms with Gasteiger partial charge in [0.15, 0.2) is 0 Å². The summed E-state index contributed by atoms with van der Waals surface area (Å²) in [6.45, 7) is 5.39. The smallest absolute Gasteiger partial charge is 0.238 e. The van der Waals surface area contributed by atoms with Crippen molar-refractivity contribution < 1.29 is 9.53 Å². The van der Waals surface area contributed by atoms with E-state index in [2.05, 4.69) is 20.5 Å². The second-order valence-corrected chi connectivity index (χ2v) is 6.09. The third-order valence-electron chi connectivity index (χ3n) is 4.31. The summed E-state index contributed by atoms with van der Waals surface area (Å²) in [6.07, 6.45) is 3.73. The van der Waals surface area contributed by atoms with Gasteiger partial charge in [0.2, 0.25) is 5.91 Å². The monoisotopic (exact) mass is 379 g/mol. The minimum atomic E-state index is -0.0229. The number of anilines is 1. The minimum Gasteiger partial charge on any atom is -0.494 e. The zero-order valence-electron chi connectivity index (χ0n) is 15.1. The summed E-state index contributed by atoms with van der Waals surface area (Å²) < 4.78 is 7.43. The number of benzene rings is 1. The van der Waals surface area contributed by atoms with E-state index in [9.17, 15) is 4.79 Å². The van der Waals surface area contributed by atoms with Crippen molar-refractivity contribution in [2.75, 3.05) is 38.1 Å². The Balaban J connectivity index is 0.00000243. The van der Waals surface area contributed by atoms with Gasteiger partial charge in [-0.15, -0.1) is 12.4 Å². The number of nitrogens with zero attached hydrogens (tertiary/aromatic N) is 3. The molecule has 1 amide bonds. The van der Waals surface area contributed by atoms with Gasteiger partial charge in [-0.05, 0) is 31.2 Å². The van der Waals surface area contributed by atoms with Crippen LogP contribution in [0.25, 0.3) is 0 Å². The fourth-order valence-electron chi connectivity index (χ4n) is 3.07. The first-order valence-corrected chi connectivity index (χ1v) is 8.62. The first-order chi connectivity index (χ1) is 12.2. The molecule has 1 aromatic carbocycles. The maximum Gasteiger partial charge on any atom is 0.238 e. The Kier molecular flexibility index (Phi) is 7.44. The summed E-state index contributed by atoms with van der Waals surface area (Å²) in [4.78, 5) is 19.1. The highest BCUT2D eigenvalue weighted by molar-refractivity contribution is 5.92. The lowest BCUT2D eigenvalue weighted by molar-refractivity contribution is -0.118. The molecule has 2 N–H and O–H groups in total. The van der Waals surface area contributed by atoms with Gasteiger partial charge in [-0.3, -0.25) is 9.69 Å². The van der Waals surface area contributed by atoms with Gasteiger partial charge in [0.1, 0.15) is 11.6 Å². The Bertz CT molecular complexity index is 704. The molecule has 1 aliphatic heterocycles. The number of amides is 1. The van der Waals surface area contributed by atoms with Crippen molar-refractivity contribution in [1.82, 2.24) is 19.8 Å². The molecule has 8 heteroatoms.